The van der Waals surface area contributed by atoms with Gasteiger partial charge in [-0.2, -0.15) is 0 Å². The first-order chi connectivity index (χ1) is 26.2. The van der Waals surface area contributed by atoms with Crippen LogP contribution in [-0.2, 0) is 0 Å². The molecule has 0 bridgehead atoms. The maximum Gasteiger partial charge on any atom is 0.164 e. The van der Waals surface area contributed by atoms with Crippen molar-refractivity contribution in [2.45, 2.75) is 0 Å². The molecule has 4 heteroatoms. The first-order valence-corrected chi connectivity index (χ1v) is 17.8. The summed E-state index contributed by atoms with van der Waals surface area (Å²) in [5.74, 6) is 1.84. The molecule has 10 aromatic rings. The maximum absolute atomic E-state index is 6.42. The molecule has 10 rings (SSSR count). The van der Waals surface area contributed by atoms with E-state index in [0.29, 0.717) is 17.5 Å². The minimum Gasteiger partial charge on any atom is -0.456 e. The summed E-state index contributed by atoms with van der Waals surface area (Å²) in [6, 6.07) is 65.3. The predicted octanol–water partition coefficient (Wildman–Crippen LogP) is 12.9. The second-order valence-corrected chi connectivity index (χ2v) is 13.3. The summed E-state index contributed by atoms with van der Waals surface area (Å²) in [5.41, 5.74) is 11.3. The average molecular weight is 678 g/mol. The van der Waals surface area contributed by atoms with Crippen LogP contribution in [0.3, 0.4) is 0 Å². The van der Waals surface area contributed by atoms with Gasteiger partial charge in [-0.25, -0.2) is 15.0 Å². The molecule has 8 aromatic carbocycles. The van der Waals surface area contributed by atoms with E-state index in [2.05, 4.69) is 164 Å². The Morgan fingerprint density at radius 3 is 1.34 bits per heavy atom. The molecular formula is C49H31N3O. The summed E-state index contributed by atoms with van der Waals surface area (Å²) in [6.07, 6.45) is 0. The highest BCUT2D eigenvalue weighted by Crippen LogP contribution is 2.36. The van der Waals surface area contributed by atoms with Crippen LogP contribution in [-0.4, -0.2) is 15.0 Å². The summed E-state index contributed by atoms with van der Waals surface area (Å²) < 4.78 is 6.42. The Balaban J connectivity index is 1.06. The highest BCUT2D eigenvalue weighted by Gasteiger charge is 2.16. The largest absolute Gasteiger partial charge is 0.456 e. The zero-order valence-electron chi connectivity index (χ0n) is 28.6. The van der Waals surface area contributed by atoms with E-state index >= 15 is 0 Å². The van der Waals surface area contributed by atoms with E-state index in [9.17, 15) is 0 Å². The Hall–Kier alpha value is -7.17. The van der Waals surface area contributed by atoms with E-state index in [4.69, 9.17) is 19.4 Å². The van der Waals surface area contributed by atoms with Crippen molar-refractivity contribution in [1.82, 2.24) is 15.0 Å². The highest BCUT2D eigenvalue weighted by atomic mass is 16.3. The quantitative estimate of drug-likeness (QED) is 0.176. The van der Waals surface area contributed by atoms with Crippen LogP contribution in [0.1, 0.15) is 0 Å². The van der Waals surface area contributed by atoms with Gasteiger partial charge in [0, 0.05) is 27.5 Å². The number of nitrogens with zero attached hydrogens (tertiary/aromatic N) is 3. The van der Waals surface area contributed by atoms with Crippen molar-refractivity contribution < 1.29 is 4.42 Å². The zero-order chi connectivity index (χ0) is 35.1. The fourth-order valence-corrected chi connectivity index (χ4v) is 7.11. The van der Waals surface area contributed by atoms with Crippen LogP contribution in [0, 0.1) is 0 Å². The lowest BCUT2D eigenvalue weighted by molar-refractivity contribution is 0.669. The monoisotopic (exact) mass is 677 g/mol. The number of benzene rings is 8. The lowest BCUT2D eigenvalue weighted by Gasteiger charge is -2.10. The van der Waals surface area contributed by atoms with Crippen molar-refractivity contribution in [1.29, 1.82) is 0 Å². The standard InChI is InChI=1S/C49H31N3O/c1-3-9-32(10-4-1)35-15-20-37(21-16-35)47-50-48(38-22-17-36(18-23-38)33-11-5-2-6-12-33)52-49(51-47)42-26-28-45-44(30-42)43-27-25-41(31-46(43)53-45)40-24-19-34-13-7-8-14-39(34)29-40/h1-31H. The number of fused-ring (bicyclic) bond motifs is 4. The van der Waals surface area contributed by atoms with Gasteiger partial charge in [0.1, 0.15) is 11.2 Å². The van der Waals surface area contributed by atoms with Gasteiger partial charge in [0.25, 0.3) is 0 Å². The van der Waals surface area contributed by atoms with Crippen molar-refractivity contribution in [3.63, 3.8) is 0 Å². The van der Waals surface area contributed by atoms with E-state index < -0.39 is 0 Å². The maximum atomic E-state index is 6.42. The Morgan fingerprint density at radius 2 is 0.717 bits per heavy atom. The van der Waals surface area contributed by atoms with Gasteiger partial charge < -0.3 is 4.42 Å². The van der Waals surface area contributed by atoms with Crippen LogP contribution in [0.4, 0.5) is 0 Å². The van der Waals surface area contributed by atoms with Gasteiger partial charge in [-0.3, -0.25) is 0 Å². The van der Waals surface area contributed by atoms with Gasteiger partial charge in [-0.05, 0) is 80.6 Å². The number of rotatable bonds is 6. The molecule has 2 aromatic heterocycles. The summed E-state index contributed by atoms with van der Waals surface area (Å²) in [4.78, 5) is 15.2. The van der Waals surface area contributed by atoms with Crippen LogP contribution >= 0.6 is 0 Å². The van der Waals surface area contributed by atoms with Crippen LogP contribution in [0.15, 0.2) is 192 Å². The summed E-state index contributed by atoms with van der Waals surface area (Å²) >= 11 is 0. The molecule has 0 aliphatic carbocycles. The summed E-state index contributed by atoms with van der Waals surface area (Å²) in [5, 5.41) is 4.51. The van der Waals surface area contributed by atoms with E-state index in [-0.39, 0.29) is 0 Å². The topological polar surface area (TPSA) is 51.8 Å². The number of hydrogen-bond donors (Lipinski definition) is 0. The van der Waals surface area contributed by atoms with Gasteiger partial charge in [0.2, 0.25) is 0 Å². The van der Waals surface area contributed by atoms with E-state index in [1.165, 1.54) is 21.9 Å². The molecule has 0 N–H and O–H groups in total. The molecule has 4 nitrogen and oxygen atoms in total. The Morgan fingerprint density at radius 1 is 0.264 bits per heavy atom. The van der Waals surface area contributed by atoms with Crippen molar-refractivity contribution in [3.8, 4) is 67.5 Å². The first kappa shape index (κ1) is 30.6. The second kappa shape index (κ2) is 12.9. The van der Waals surface area contributed by atoms with Crippen LogP contribution in [0.2, 0.25) is 0 Å². The Labute approximate surface area is 306 Å². The first-order valence-electron chi connectivity index (χ1n) is 17.8. The van der Waals surface area contributed by atoms with Crippen LogP contribution in [0.5, 0.6) is 0 Å². The molecule has 0 atom stereocenters. The number of hydrogen-bond acceptors (Lipinski definition) is 4. The second-order valence-electron chi connectivity index (χ2n) is 13.3. The molecule has 0 unspecified atom stereocenters. The van der Waals surface area contributed by atoms with Gasteiger partial charge in [0.05, 0.1) is 0 Å². The number of furan rings is 1. The lowest BCUT2D eigenvalue weighted by atomic mass is 10.00. The van der Waals surface area contributed by atoms with Crippen molar-refractivity contribution in [2.75, 3.05) is 0 Å². The molecular weight excluding hydrogens is 647 g/mol. The normalized spacial score (nSPS) is 11.4. The van der Waals surface area contributed by atoms with Gasteiger partial charge in [0.15, 0.2) is 17.5 Å². The molecule has 248 valence electrons. The smallest absolute Gasteiger partial charge is 0.164 e. The molecule has 0 saturated heterocycles. The van der Waals surface area contributed by atoms with Gasteiger partial charge in [-0.15, -0.1) is 0 Å². The molecule has 53 heavy (non-hydrogen) atoms. The molecule has 2 heterocycles. The van der Waals surface area contributed by atoms with Gasteiger partial charge in [-0.1, -0.05) is 152 Å². The highest BCUT2D eigenvalue weighted by molar-refractivity contribution is 6.07. The van der Waals surface area contributed by atoms with Crippen molar-refractivity contribution >= 4 is 32.7 Å². The minimum atomic E-state index is 0.605. The van der Waals surface area contributed by atoms with E-state index in [1.54, 1.807) is 0 Å². The van der Waals surface area contributed by atoms with E-state index in [0.717, 1.165) is 60.9 Å². The fraction of sp³-hybridized carbons (Fsp3) is 0. The lowest BCUT2D eigenvalue weighted by Crippen LogP contribution is -2.00. The Kier molecular flexibility index (Phi) is 7.43. The minimum absolute atomic E-state index is 0.605. The zero-order valence-corrected chi connectivity index (χ0v) is 28.6. The average Bonchev–Trinajstić information content (AvgIpc) is 3.61. The fourth-order valence-electron chi connectivity index (χ4n) is 7.11. The Bertz CT molecular complexity index is 2810. The van der Waals surface area contributed by atoms with Crippen molar-refractivity contribution in [3.05, 3.63) is 188 Å². The van der Waals surface area contributed by atoms with Crippen molar-refractivity contribution in [2.24, 2.45) is 0 Å². The van der Waals surface area contributed by atoms with E-state index in [1.807, 2.05) is 24.3 Å². The molecule has 0 fully saturated rings. The predicted molar refractivity (Wildman–Crippen MR) is 217 cm³/mol. The molecule has 0 saturated carbocycles. The van der Waals surface area contributed by atoms with Crippen LogP contribution < -0.4 is 0 Å². The third-order valence-corrected chi connectivity index (χ3v) is 9.95. The molecule has 0 spiro atoms. The van der Waals surface area contributed by atoms with Gasteiger partial charge >= 0.3 is 0 Å². The molecule has 0 amide bonds. The van der Waals surface area contributed by atoms with Crippen LogP contribution in [0.25, 0.3) is 100 Å². The summed E-state index contributed by atoms with van der Waals surface area (Å²) in [6.45, 7) is 0. The number of aromatic nitrogens is 3. The third kappa shape index (κ3) is 5.82. The SMILES string of the molecule is c1ccc(-c2ccc(-c3nc(-c4ccc(-c5ccccc5)cc4)nc(-c4ccc5oc6cc(-c7ccc8ccccc8c7)ccc6c5c4)n3)cc2)cc1. The molecule has 0 aliphatic heterocycles. The third-order valence-electron chi connectivity index (χ3n) is 9.95. The molecule has 0 radical (unpaired) electrons. The molecule has 0 aliphatic rings. The summed E-state index contributed by atoms with van der Waals surface area (Å²) in [7, 11) is 0.